The highest BCUT2D eigenvalue weighted by Crippen LogP contribution is 2.37. The van der Waals surface area contributed by atoms with Gasteiger partial charge in [0.05, 0.1) is 11.4 Å². The molecule has 0 saturated heterocycles. The molecule has 7 aromatic rings. The van der Waals surface area contributed by atoms with Crippen molar-refractivity contribution in [2.45, 2.75) is 6.92 Å². The second-order valence-corrected chi connectivity index (χ2v) is 10.5. The quantitative estimate of drug-likeness (QED) is 0.239. The number of hydrogen-bond acceptors (Lipinski definition) is 4. The number of hydrogen-bond donors (Lipinski definition) is 0. The molecule has 38 heavy (non-hydrogen) atoms. The van der Waals surface area contributed by atoms with Crippen LogP contribution in [-0.4, -0.2) is 15.0 Å². The molecule has 0 aliphatic heterocycles. The Kier molecular flexibility index (Phi) is 5.53. The van der Waals surface area contributed by atoms with Crippen LogP contribution in [0.5, 0.6) is 0 Å². The lowest BCUT2D eigenvalue weighted by atomic mass is 10.0. The van der Waals surface area contributed by atoms with Gasteiger partial charge in [-0.1, -0.05) is 78.9 Å². The Balaban J connectivity index is 1.39. The molecule has 4 heteroatoms. The highest BCUT2D eigenvalue weighted by molar-refractivity contribution is 7.25. The van der Waals surface area contributed by atoms with E-state index in [0.29, 0.717) is 5.82 Å². The van der Waals surface area contributed by atoms with Crippen molar-refractivity contribution < 1.29 is 0 Å². The average molecular weight is 506 g/mol. The van der Waals surface area contributed by atoms with E-state index in [9.17, 15) is 0 Å². The first-order valence-corrected chi connectivity index (χ1v) is 13.4. The van der Waals surface area contributed by atoms with Crippen molar-refractivity contribution in [3.63, 3.8) is 0 Å². The largest absolute Gasteiger partial charge is 0.264 e. The molecule has 0 radical (unpaired) electrons. The minimum absolute atomic E-state index is 0.716. The number of rotatable bonds is 4. The summed E-state index contributed by atoms with van der Waals surface area (Å²) in [5, 5.41) is 2.55. The highest BCUT2D eigenvalue weighted by atomic mass is 32.1. The SMILES string of the molecule is Cc1ccccc1-c1cc(-c2ccc3sc4ccccc4c3c2)nc(-c2ccc(-c3cccnc3)cc2)n1. The third kappa shape index (κ3) is 4.05. The zero-order valence-corrected chi connectivity index (χ0v) is 21.6. The van der Waals surface area contributed by atoms with Crippen LogP contribution in [0.2, 0.25) is 0 Å². The van der Waals surface area contributed by atoms with Crippen LogP contribution < -0.4 is 0 Å². The van der Waals surface area contributed by atoms with Crippen LogP contribution in [-0.2, 0) is 0 Å². The molecule has 7 rings (SSSR count). The minimum atomic E-state index is 0.716. The smallest absolute Gasteiger partial charge is 0.160 e. The van der Waals surface area contributed by atoms with Gasteiger partial charge in [-0.3, -0.25) is 4.98 Å². The molecule has 0 N–H and O–H groups in total. The van der Waals surface area contributed by atoms with Gasteiger partial charge in [-0.25, -0.2) is 9.97 Å². The van der Waals surface area contributed by atoms with Crippen LogP contribution >= 0.6 is 11.3 Å². The highest BCUT2D eigenvalue weighted by Gasteiger charge is 2.14. The molecule has 0 atom stereocenters. The monoisotopic (exact) mass is 505 g/mol. The van der Waals surface area contributed by atoms with Gasteiger partial charge in [0.1, 0.15) is 0 Å². The lowest BCUT2D eigenvalue weighted by molar-refractivity contribution is 1.18. The van der Waals surface area contributed by atoms with Crippen molar-refractivity contribution in [1.29, 1.82) is 0 Å². The first-order valence-electron chi connectivity index (χ1n) is 12.6. The van der Waals surface area contributed by atoms with Gasteiger partial charge in [0, 0.05) is 49.3 Å². The third-order valence-corrected chi connectivity index (χ3v) is 8.11. The number of thiophene rings is 1. The second kappa shape index (κ2) is 9.33. The molecule has 0 saturated carbocycles. The fourth-order valence-electron chi connectivity index (χ4n) is 4.95. The number of aromatic nitrogens is 3. The lowest BCUT2D eigenvalue weighted by Gasteiger charge is -2.11. The van der Waals surface area contributed by atoms with Crippen LogP contribution in [0, 0.1) is 6.92 Å². The van der Waals surface area contributed by atoms with Gasteiger partial charge in [-0.2, -0.15) is 0 Å². The summed E-state index contributed by atoms with van der Waals surface area (Å²) in [5.74, 6) is 0.716. The standard InChI is InChI=1S/C34H23N3S/c1-22-7-2-3-9-27(22)31-20-30(25-16-17-33-29(19-25)28-10-4-5-11-32(28)38-33)36-34(37-31)24-14-12-23(13-15-24)26-8-6-18-35-21-26/h2-21H,1H3. The first-order chi connectivity index (χ1) is 18.7. The molecule has 180 valence electrons. The van der Waals surface area contributed by atoms with Crippen LogP contribution in [0.15, 0.2) is 122 Å². The van der Waals surface area contributed by atoms with Crippen molar-refractivity contribution >= 4 is 31.5 Å². The summed E-state index contributed by atoms with van der Waals surface area (Å²) in [7, 11) is 0. The van der Waals surface area contributed by atoms with E-state index in [4.69, 9.17) is 9.97 Å². The number of aryl methyl sites for hydroxylation is 1. The van der Waals surface area contributed by atoms with E-state index in [2.05, 4.69) is 115 Å². The van der Waals surface area contributed by atoms with E-state index in [1.165, 1.54) is 25.7 Å². The van der Waals surface area contributed by atoms with Crippen LogP contribution in [0.3, 0.4) is 0 Å². The van der Waals surface area contributed by atoms with Crippen LogP contribution in [0.4, 0.5) is 0 Å². The van der Waals surface area contributed by atoms with Crippen LogP contribution in [0.25, 0.3) is 65.2 Å². The maximum atomic E-state index is 5.08. The zero-order chi connectivity index (χ0) is 25.5. The molecule has 0 aliphatic carbocycles. The van der Waals surface area contributed by atoms with Gasteiger partial charge < -0.3 is 0 Å². The predicted molar refractivity (Wildman–Crippen MR) is 159 cm³/mol. The van der Waals surface area contributed by atoms with Gasteiger partial charge in [-0.15, -0.1) is 11.3 Å². The zero-order valence-electron chi connectivity index (χ0n) is 20.8. The summed E-state index contributed by atoms with van der Waals surface area (Å²) < 4.78 is 2.59. The molecular formula is C34H23N3S. The Labute approximate surface area is 225 Å². The number of benzene rings is 4. The summed E-state index contributed by atoms with van der Waals surface area (Å²) in [5.41, 5.74) is 8.43. The molecule has 0 amide bonds. The van der Waals surface area contributed by atoms with Crippen molar-refractivity contribution in [2.24, 2.45) is 0 Å². The summed E-state index contributed by atoms with van der Waals surface area (Å²) in [6.07, 6.45) is 3.67. The fourth-order valence-corrected chi connectivity index (χ4v) is 6.04. The van der Waals surface area contributed by atoms with E-state index in [-0.39, 0.29) is 0 Å². The molecule has 0 aliphatic rings. The van der Waals surface area contributed by atoms with Crippen molar-refractivity contribution in [3.8, 4) is 45.0 Å². The maximum absolute atomic E-state index is 5.08. The number of fused-ring (bicyclic) bond motifs is 3. The molecule has 4 aromatic carbocycles. The first kappa shape index (κ1) is 22.5. The van der Waals surface area contributed by atoms with Gasteiger partial charge in [0.15, 0.2) is 5.82 Å². The molecule has 0 fully saturated rings. The summed E-state index contributed by atoms with van der Waals surface area (Å²) in [6.45, 7) is 2.13. The molecular weight excluding hydrogens is 482 g/mol. The Morgan fingerprint density at radius 3 is 2.13 bits per heavy atom. The van der Waals surface area contributed by atoms with Gasteiger partial charge in [-0.05, 0) is 53.9 Å². The summed E-state index contributed by atoms with van der Waals surface area (Å²) in [4.78, 5) is 14.4. The van der Waals surface area contributed by atoms with Crippen molar-refractivity contribution in [2.75, 3.05) is 0 Å². The second-order valence-electron chi connectivity index (χ2n) is 9.41. The van der Waals surface area contributed by atoms with E-state index in [0.717, 1.165) is 39.2 Å². The average Bonchev–Trinajstić information content (AvgIpc) is 3.36. The molecule has 0 bridgehead atoms. The van der Waals surface area contributed by atoms with Gasteiger partial charge in [0.2, 0.25) is 0 Å². The van der Waals surface area contributed by atoms with E-state index < -0.39 is 0 Å². The Bertz CT molecular complexity index is 1920. The Morgan fingerprint density at radius 1 is 0.553 bits per heavy atom. The molecule has 3 aromatic heterocycles. The Morgan fingerprint density at radius 2 is 1.29 bits per heavy atom. The lowest BCUT2D eigenvalue weighted by Crippen LogP contribution is -1.97. The summed E-state index contributed by atoms with van der Waals surface area (Å²) >= 11 is 1.83. The third-order valence-electron chi connectivity index (χ3n) is 6.96. The topological polar surface area (TPSA) is 38.7 Å². The maximum Gasteiger partial charge on any atom is 0.160 e. The fraction of sp³-hybridized carbons (Fsp3) is 0.0294. The van der Waals surface area contributed by atoms with Gasteiger partial charge >= 0.3 is 0 Å². The van der Waals surface area contributed by atoms with E-state index in [1.807, 2.05) is 23.6 Å². The van der Waals surface area contributed by atoms with Crippen LogP contribution in [0.1, 0.15) is 5.56 Å². The van der Waals surface area contributed by atoms with E-state index in [1.54, 1.807) is 6.20 Å². The molecule has 0 spiro atoms. The Hall–Kier alpha value is -4.67. The predicted octanol–water partition coefficient (Wildman–Crippen LogP) is 9.22. The minimum Gasteiger partial charge on any atom is -0.264 e. The van der Waals surface area contributed by atoms with Crippen molar-refractivity contribution in [1.82, 2.24) is 15.0 Å². The normalized spacial score (nSPS) is 11.3. The summed E-state index contributed by atoms with van der Waals surface area (Å²) in [6, 6.07) is 38.2. The molecule has 3 heterocycles. The number of pyridine rings is 1. The van der Waals surface area contributed by atoms with E-state index >= 15 is 0 Å². The van der Waals surface area contributed by atoms with Crippen molar-refractivity contribution in [3.05, 3.63) is 127 Å². The molecule has 3 nitrogen and oxygen atoms in total. The number of nitrogens with zero attached hydrogens (tertiary/aromatic N) is 3. The van der Waals surface area contributed by atoms with Gasteiger partial charge in [0.25, 0.3) is 0 Å². The molecule has 0 unspecified atom stereocenters.